The minimum atomic E-state index is 0.00583. The smallest absolute Gasteiger partial charge is 0.272 e. The molecular weight excluding hydrogens is 336 g/mol. The van der Waals surface area contributed by atoms with E-state index in [1.54, 1.807) is 4.90 Å². The molecule has 3 rings (SSSR count). The van der Waals surface area contributed by atoms with Crippen molar-refractivity contribution >= 4 is 17.3 Å². The summed E-state index contributed by atoms with van der Waals surface area (Å²) in [5.74, 6) is 0.00583. The molecule has 0 N–H and O–H groups in total. The molecule has 1 amide bonds. The van der Waals surface area contributed by atoms with Crippen LogP contribution in [-0.4, -0.2) is 55.1 Å². The summed E-state index contributed by atoms with van der Waals surface area (Å²) >= 11 is 0. The quantitative estimate of drug-likeness (QED) is 0.812. The number of carbonyl (C=O) groups excluding carboxylic acids is 1. The van der Waals surface area contributed by atoms with E-state index >= 15 is 0 Å². The Morgan fingerprint density at radius 1 is 1.00 bits per heavy atom. The fourth-order valence-corrected chi connectivity index (χ4v) is 3.66. The Hall–Kier alpha value is -2.56. The van der Waals surface area contributed by atoms with E-state index in [9.17, 15) is 4.79 Å². The first-order valence-corrected chi connectivity index (χ1v) is 9.86. The highest BCUT2D eigenvalue weighted by Gasteiger charge is 2.20. The van der Waals surface area contributed by atoms with Gasteiger partial charge in [0.25, 0.3) is 5.91 Å². The molecule has 1 aliphatic heterocycles. The average molecular weight is 367 g/mol. The lowest BCUT2D eigenvalue weighted by Gasteiger charge is -2.38. The summed E-state index contributed by atoms with van der Waals surface area (Å²) in [7, 11) is 0. The van der Waals surface area contributed by atoms with Gasteiger partial charge in [-0.25, -0.2) is 4.98 Å². The van der Waals surface area contributed by atoms with E-state index in [1.165, 1.54) is 16.8 Å². The second-order valence-corrected chi connectivity index (χ2v) is 7.07. The molecule has 0 spiro atoms. The molecule has 1 aromatic heterocycles. The molecule has 0 unspecified atom stereocenters. The molecule has 5 heteroatoms. The van der Waals surface area contributed by atoms with Gasteiger partial charge in [-0.1, -0.05) is 12.1 Å². The SMILES string of the molecule is CCN(CC)C(=O)c1ccc(N2CCN(c3cccc(C)c3C)CC2)cn1. The van der Waals surface area contributed by atoms with Gasteiger partial charge in [0.2, 0.25) is 0 Å². The maximum absolute atomic E-state index is 12.4. The Labute approximate surface area is 162 Å². The second kappa shape index (κ2) is 8.42. The third-order valence-corrected chi connectivity index (χ3v) is 5.58. The predicted octanol–water partition coefficient (Wildman–Crippen LogP) is 3.51. The zero-order chi connectivity index (χ0) is 19.4. The van der Waals surface area contributed by atoms with Crippen LogP contribution in [0.1, 0.15) is 35.5 Å². The van der Waals surface area contributed by atoms with Gasteiger partial charge < -0.3 is 14.7 Å². The van der Waals surface area contributed by atoms with Crippen molar-refractivity contribution in [1.29, 1.82) is 0 Å². The summed E-state index contributed by atoms with van der Waals surface area (Å²) in [6.45, 7) is 13.7. The Kier molecular flexibility index (Phi) is 5.99. The van der Waals surface area contributed by atoms with Crippen LogP contribution in [0.4, 0.5) is 11.4 Å². The molecule has 0 radical (unpaired) electrons. The molecule has 1 fully saturated rings. The average Bonchev–Trinajstić information content (AvgIpc) is 2.71. The third-order valence-electron chi connectivity index (χ3n) is 5.58. The Morgan fingerprint density at radius 2 is 1.67 bits per heavy atom. The molecule has 144 valence electrons. The van der Waals surface area contributed by atoms with Gasteiger partial charge in [-0.2, -0.15) is 0 Å². The van der Waals surface area contributed by atoms with Crippen LogP contribution >= 0.6 is 0 Å². The van der Waals surface area contributed by atoms with Gasteiger partial charge in [-0.05, 0) is 57.0 Å². The van der Waals surface area contributed by atoms with Crippen LogP contribution in [0, 0.1) is 13.8 Å². The van der Waals surface area contributed by atoms with Crippen LogP contribution < -0.4 is 9.80 Å². The lowest BCUT2D eigenvalue weighted by atomic mass is 10.1. The Bertz CT molecular complexity index is 775. The number of amides is 1. The first-order valence-electron chi connectivity index (χ1n) is 9.86. The first-order chi connectivity index (χ1) is 13.0. The highest BCUT2D eigenvalue weighted by Crippen LogP contribution is 2.25. The van der Waals surface area contributed by atoms with E-state index in [-0.39, 0.29) is 5.91 Å². The van der Waals surface area contributed by atoms with Gasteiger partial charge in [0.1, 0.15) is 5.69 Å². The molecule has 27 heavy (non-hydrogen) atoms. The number of aryl methyl sites for hydroxylation is 1. The summed E-state index contributed by atoms with van der Waals surface area (Å²) in [4.78, 5) is 23.4. The molecule has 1 aliphatic rings. The van der Waals surface area contributed by atoms with Gasteiger partial charge in [-0.15, -0.1) is 0 Å². The molecule has 1 aromatic carbocycles. The zero-order valence-electron chi connectivity index (χ0n) is 16.9. The van der Waals surface area contributed by atoms with E-state index in [0.717, 1.165) is 31.9 Å². The van der Waals surface area contributed by atoms with Crippen LogP contribution in [0.25, 0.3) is 0 Å². The number of anilines is 2. The normalized spacial score (nSPS) is 14.4. The van der Waals surface area contributed by atoms with Crippen molar-refractivity contribution in [2.45, 2.75) is 27.7 Å². The standard InChI is InChI=1S/C22H30N4O/c1-5-24(6-2)22(27)20-11-10-19(16-23-20)25-12-14-26(15-13-25)21-9-7-8-17(3)18(21)4/h7-11,16H,5-6,12-15H2,1-4H3. The highest BCUT2D eigenvalue weighted by atomic mass is 16.2. The fraction of sp³-hybridized carbons (Fsp3) is 0.455. The monoisotopic (exact) mass is 366 g/mol. The highest BCUT2D eigenvalue weighted by molar-refractivity contribution is 5.92. The topological polar surface area (TPSA) is 39.7 Å². The minimum absolute atomic E-state index is 0.00583. The molecule has 2 aromatic rings. The molecule has 1 saturated heterocycles. The van der Waals surface area contributed by atoms with Crippen LogP contribution in [0.15, 0.2) is 36.5 Å². The van der Waals surface area contributed by atoms with Crippen LogP contribution in [0.5, 0.6) is 0 Å². The number of pyridine rings is 1. The Balaban J connectivity index is 1.64. The number of nitrogens with zero attached hydrogens (tertiary/aromatic N) is 4. The van der Waals surface area contributed by atoms with Gasteiger partial charge in [0, 0.05) is 45.0 Å². The summed E-state index contributed by atoms with van der Waals surface area (Å²) < 4.78 is 0. The van der Waals surface area contributed by atoms with Gasteiger partial charge in [-0.3, -0.25) is 4.79 Å². The summed E-state index contributed by atoms with van der Waals surface area (Å²) in [6, 6.07) is 10.4. The van der Waals surface area contributed by atoms with E-state index in [0.29, 0.717) is 18.8 Å². The van der Waals surface area contributed by atoms with Crippen molar-refractivity contribution < 1.29 is 4.79 Å². The summed E-state index contributed by atoms with van der Waals surface area (Å²) in [6.07, 6.45) is 1.84. The van der Waals surface area contributed by atoms with Gasteiger partial charge in [0.05, 0.1) is 11.9 Å². The number of rotatable bonds is 5. The molecule has 5 nitrogen and oxygen atoms in total. The van der Waals surface area contributed by atoms with Crippen LogP contribution in [0.3, 0.4) is 0 Å². The van der Waals surface area contributed by atoms with E-state index in [4.69, 9.17) is 0 Å². The number of hydrogen-bond acceptors (Lipinski definition) is 4. The van der Waals surface area contributed by atoms with Crippen molar-refractivity contribution in [3.8, 4) is 0 Å². The fourth-order valence-electron chi connectivity index (χ4n) is 3.66. The molecule has 2 heterocycles. The largest absolute Gasteiger partial charge is 0.368 e. The molecule has 0 aliphatic carbocycles. The lowest BCUT2D eigenvalue weighted by molar-refractivity contribution is 0.0767. The predicted molar refractivity (Wildman–Crippen MR) is 112 cm³/mol. The number of hydrogen-bond donors (Lipinski definition) is 0. The second-order valence-electron chi connectivity index (χ2n) is 7.07. The molecule has 0 atom stereocenters. The number of piperazine rings is 1. The van der Waals surface area contributed by atoms with Gasteiger partial charge >= 0.3 is 0 Å². The van der Waals surface area contributed by atoms with E-state index in [2.05, 4.69) is 46.8 Å². The number of benzene rings is 1. The molecular formula is C22H30N4O. The van der Waals surface area contributed by atoms with Crippen LogP contribution in [0.2, 0.25) is 0 Å². The number of carbonyl (C=O) groups is 1. The Morgan fingerprint density at radius 3 is 2.26 bits per heavy atom. The zero-order valence-corrected chi connectivity index (χ0v) is 16.9. The van der Waals surface area contributed by atoms with Crippen molar-refractivity contribution in [2.75, 3.05) is 49.1 Å². The third kappa shape index (κ3) is 4.07. The van der Waals surface area contributed by atoms with Crippen molar-refractivity contribution in [3.63, 3.8) is 0 Å². The molecule has 0 bridgehead atoms. The molecule has 0 saturated carbocycles. The van der Waals surface area contributed by atoms with E-state index in [1.807, 2.05) is 32.2 Å². The van der Waals surface area contributed by atoms with Crippen LogP contribution in [-0.2, 0) is 0 Å². The summed E-state index contributed by atoms with van der Waals surface area (Å²) in [5.41, 5.74) is 5.66. The number of aromatic nitrogens is 1. The van der Waals surface area contributed by atoms with Crippen molar-refractivity contribution in [3.05, 3.63) is 53.3 Å². The lowest BCUT2D eigenvalue weighted by Crippen LogP contribution is -2.46. The minimum Gasteiger partial charge on any atom is -0.368 e. The van der Waals surface area contributed by atoms with Crippen molar-refractivity contribution in [2.24, 2.45) is 0 Å². The van der Waals surface area contributed by atoms with Crippen molar-refractivity contribution in [1.82, 2.24) is 9.88 Å². The van der Waals surface area contributed by atoms with E-state index < -0.39 is 0 Å². The maximum Gasteiger partial charge on any atom is 0.272 e. The summed E-state index contributed by atoms with van der Waals surface area (Å²) in [5, 5.41) is 0. The first kappa shape index (κ1) is 19.2. The van der Waals surface area contributed by atoms with Gasteiger partial charge in [0.15, 0.2) is 0 Å². The maximum atomic E-state index is 12.4.